The van der Waals surface area contributed by atoms with Crippen molar-refractivity contribution in [2.75, 3.05) is 60.1 Å². The Bertz CT molecular complexity index is 451. The first-order valence-electron chi connectivity index (χ1n) is 12.4. The lowest BCUT2D eigenvalue weighted by molar-refractivity contribution is -0.0450. The van der Waals surface area contributed by atoms with Crippen LogP contribution >= 0.6 is 0 Å². The number of rotatable bonds is 7. The molecule has 3 unspecified atom stereocenters. The van der Waals surface area contributed by atoms with E-state index in [0.717, 1.165) is 51.0 Å². The summed E-state index contributed by atoms with van der Waals surface area (Å²) in [6.07, 6.45) is 0.102. The van der Waals surface area contributed by atoms with E-state index >= 15 is 0 Å². The van der Waals surface area contributed by atoms with Gasteiger partial charge in [0.05, 0.1) is 25.6 Å². The second-order valence-electron chi connectivity index (χ2n) is 8.17. The molecule has 2 aliphatic heterocycles. The number of methoxy groups -OCH3 is 1. The molecular formula is C25H51F3N2O2. The molecule has 0 spiro atoms. The van der Waals surface area contributed by atoms with E-state index in [9.17, 15) is 13.2 Å². The topological polar surface area (TPSA) is 24.9 Å². The third-order valence-corrected chi connectivity index (χ3v) is 5.64. The monoisotopic (exact) mass is 468 g/mol. The number of halogens is 3. The van der Waals surface area contributed by atoms with Gasteiger partial charge in [0.1, 0.15) is 0 Å². The van der Waals surface area contributed by atoms with Crippen LogP contribution in [0.3, 0.4) is 0 Å². The lowest BCUT2D eigenvalue weighted by atomic mass is 9.86. The fourth-order valence-corrected chi connectivity index (χ4v) is 3.86. The summed E-state index contributed by atoms with van der Waals surface area (Å²) in [5.41, 5.74) is 0.909. The van der Waals surface area contributed by atoms with Gasteiger partial charge in [0.2, 0.25) is 6.43 Å². The van der Waals surface area contributed by atoms with Crippen molar-refractivity contribution in [2.24, 2.45) is 17.8 Å². The SMILES string of the molecule is CC.CC.CC(C)OCC1CN(C)CCC1C(F)F.CCN1CC/C(=C\F)C(COC)C1. The van der Waals surface area contributed by atoms with E-state index in [1.54, 1.807) is 7.11 Å². The highest BCUT2D eigenvalue weighted by molar-refractivity contribution is 5.08. The molecule has 2 aliphatic rings. The molecule has 0 saturated carbocycles. The van der Waals surface area contributed by atoms with E-state index in [-0.39, 0.29) is 17.9 Å². The zero-order chi connectivity index (χ0) is 25.1. The van der Waals surface area contributed by atoms with E-state index in [0.29, 0.717) is 19.6 Å². The van der Waals surface area contributed by atoms with Crippen LogP contribution in [0, 0.1) is 17.8 Å². The van der Waals surface area contributed by atoms with Crippen LogP contribution in [0.2, 0.25) is 0 Å². The van der Waals surface area contributed by atoms with Crippen molar-refractivity contribution in [3.05, 3.63) is 11.9 Å². The van der Waals surface area contributed by atoms with Gasteiger partial charge in [0.25, 0.3) is 0 Å². The number of nitrogens with zero attached hydrogens (tertiary/aromatic N) is 2. The van der Waals surface area contributed by atoms with Crippen molar-refractivity contribution in [2.45, 2.75) is 73.8 Å². The molecule has 7 heteroatoms. The third-order valence-electron chi connectivity index (χ3n) is 5.64. The molecule has 0 aromatic carbocycles. The number of hydrogen-bond donors (Lipinski definition) is 0. The number of piperidine rings is 2. The minimum Gasteiger partial charge on any atom is -0.384 e. The maximum absolute atomic E-state index is 12.7. The molecule has 0 aromatic rings. The number of ether oxygens (including phenoxy) is 2. The van der Waals surface area contributed by atoms with Crippen molar-refractivity contribution in [3.8, 4) is 0 Å². The molecule has 0 aliphatic carbocycles. The Kier molecular flexibility index (Phi) is 21.9. The first kappa shape index (κ1) is 33.5. The van der Waals surface area contributed by atoms with Gasteiger partial charge in [-0.1, -0.05) is 34.6 Å². The Balaban J connectivity index is 0. The van der Waals surface area contributed by atoms with Crippen LogP contribution < -0.4 is 0 Å². The van der Waals surface area contributed by atoms with Crippen molar-refractivity contribution in [1.82, 2.24) is 9.80 Å². The van der Waals surface area contributed by atoms with Crippen molar-refractivity contribution >= 4 is 0 Å². The summed E-state index contributed by atoms with van der Waals surface area (Å²) < 4.78 is 48.5. The highest BCUT2D eigenvalue weighted by Crippen LogP contribution is 2.29. The summed E-state index contributed by atoms with van der Waals surface area (Å²) in [5.74, 6) is -0.255. The van der Waals surface area contributed by atoms with Crippen molar-refractivity contribution in [3.63, 3.8) is 0 Å². The summed E-state index contributed by atoms with van der Waals surface area (Å²) in [5, 5.41) is 0. The predicted octanol–water partition coefficient (Wildman–Crippen LogP) is 6.12. The zero-order valence-corrected chi connectivity index (χ0v) is 22.2. The second kappa shape index (κ2) is 20.9. The minimum absolute atomic E-state index is 0.0221. The largest absolute Gasteiger partial charge is 0.384 e. The Hall–Kier alpha value is -0.630. The molecule has 3 atom stereocenters. The predicted molar refractivity (Wildman–Crippen MR) is 130 cm³/mol. The summed E-state index contributed by atoms with van der Waals surface area (Å²) in [6, 6.07) is 0. The van der Waals surface area contributed by atoms with Crippen LogP contribution in [0.5, 0.6) is 0 Å². The Labute approximate surface area is 196 Å². The van der Waals surface area contributed by atoms with Crippen LogP contribution in [-0.4, -0.2) is 82.4 Å². The Morgan fingerprint density at radius 1 is 1.06 bits per heavy atom. The standard InChI is InChI=1S/C11H21F2NO.C10H18FNO.2C2H6/c1-8(2)15-7-9-6-14(3)5-4-10(9)11(12)13;1-3-12-5-4-9(6-11)10(7-12)8-13-2;2*1-2/h8-11H,4-7H2,1-3H3;6,10H,3-5,7-8H2,1-2H3;2*1-2H3/b;9-6+;;. The molecule has 194 valence electrons. The zero-order valence-electron chi connectivity index (χ0n) is 22.2. The van der Waals surface area contributed by atoms with Crippen molar-refractivity contribution < 1.29 is 22.6 Å². The lowest BCUT2D eigenvalue weighted by Crippen LogP contribution is -2.43. The third kappa shape index (κ3) is 13.8. The van der Waals surface area contributed by atoms with E-state index < -0.39 is 12.3 Å². The van der Waals surface area contributed by atoms with Gasteiger partial charge in [-0.15, -0.1) is 0 Å². The van der Waals surface area contributed by atoms with Crippen LogP contribution in [-0.2, 0) is 9.47 Å². The quantitative estimate of drug-likeness (QED) is 0.449. The van der Waals surface area contributed by atoms with E-state index in [4.69, 9.17) is 9.47 Å². The van der Waals surface area contributed by atoms with Crippen LogP contribution in [0.15, 0.2) is 11.9 Å². The van der Waals surface area contributed by atoms with Gasteiger partial charge >= 0.3 is 0 Å². The molecule has 4 nitrogen and oxygen atoms in total. The highest BCUT2D eigenvalue weighted by atomic mass is 19.3. The minimum atomic E-state index is -2.21. The molecular weight excluding hydrogens is 417 g/mol. The fraction of sp³-hybridized carbons (Fsp3) is 0.920. The molecule has 0 N–H and O–H groups in total. The average Bonchev–Trinajstić information content (AvgIpc) is 2.80. The summed E-state index contributed by atoms with van der Waals surface area (Å²) in [7, 11) is 3.64. The van der Waals surface area contributed by atoms with Gasteiger partial charge in [-0.25, -0.2) is 13.2 Å². The van der Waals surface area contributed by atoms with Gasteiger partial charge in [0.15, 0.2) is 0 Å². The van der Waals surface area contributed by atoms with E-state index in [1.807, 2.05) is 48.6 Å². The average molecular weight is 469 g/mol. The summed E-state index contributed by atoms with van der Waals surface area (Å²) >= 11 is 0. The van der Waals surface area contributed by atoms with Crippen molar-refractivity contribution in [1.29, 1.82) is 0 Å². The molecule has 0 bridgehead atoms. The first-order valence-corrected chi connectivity index (χ1v) is 12.4. The van der Waals surface area contributed by atoms with Crippen LogP contribution in [0.4, 0.5) is 13.2 Å². The Morgan fingerprint density at radius 3 is 2.16 bits per heavy atom. The fourth-order valence-electron chi connectivity index (χ4n) is 3.86. The first-order chi connectivity index (χ1) is 15.3. The molecule has 0 aromatic heterocycles. The number of alkyl halides is 2. The molecule has 32 heavy (non-hydrogen) atoms. The molecule has 0 amide bonds. The molecule has 2 rings (SSSR count). The molecule has 2 heterocycles. The summed E-state index contributed by atoms with van der Waals surface area (Å²) in [6.45, 7) is 19.5. The van der Waals surface area contributed by atoms with Gasteiger partial charge in [-0.05, 0) is 52.4 Å². The van der Waals surface area contributed by atoms with E-state index in [1.165, 1.54) is 0 Å². The number of hydrogen-bond acceptors (Lipinski definition) is 4. The van der Waals surface area contributed by atoms with E-state index in [2.05, 4.69) is 16.7 Å². The van der Waals surface area contributed by atoms with Crippen LogP contribution in [0.25, 0.3) is 0 Å². The molecule has 2 saturated heterocycles. The normalized spacial score (nSPS) is 25.4. The highest BCUT2D eigenvalue weighted by Gasteiger charge is 2.34. The number of likely N-dealkylation sites (tertiary alicyclic amines) is 2. The van der Waals surface area contributed by atoms with Gasteiger partial charge in [0, 0.05) is 44.5 Å². The maximum Gasteiger partial charge on any atom is 0.241 e. The maximum atomic E-state index is 12.7. The smallest absolute Gasteiger partial charge is 0.241 e. The molecule has 2 fully saturated rings. The Morgan fingerprint density at radius 2 is 1.69 bits per heavy atom. The second-order valence-corrected chi connectivity index (χ2v) is 8.17. The van der Waals surface area contributed by atoms with Crippen LogP contribution in [0.1, 0.15) is 61.3 Å². The molecule has 0 radical (unpaired) electrons. The lowest BCUT2D eigenvalue weighted by Gasteiger charge is -2.36. The van der Waals surface area contributed by atoms with Gasteiger partial charge in [-0.2, -0.15) is 0 Å². The van der Waals surface area contributed by atoms with Gasteiger partial charge < -0.3 is 19.3 Å². The van der Waals surface area contributed by atoms with Gasteiger partial charge in [-0.3, -0.25) is 0 Å². The summed E-state index contributed by atoms with van der Waals surface area (Å²) in [4.78, 5) is 4.43.